The summed E-state index contributed by atoms with van der Waals surface area (Å²) in [6.07, 6.45) is 6.45. The average molecular weight is 392 g/mol. The third-order valence-electron chi connectivity index (χ3n) is 5.96. The topological polar surface area (TPSA) is 74.5 Å². The molecule has 0 spiro atoms. The van der Waals surface area contributed by atoms with Crippen LogP contribution < -0.4 is 5.32 Å². The quantitative estimate of drug-likeness (QED) is 0.591. The summed E-state index contributed by atoms with van der Waals surface area (Å²) >= 11 is 0. The SMILES string of the molecule is O=C(Nc1ccc2c(ccn2C(c2ccccc2)C(O)CO)c1)C1CCCCC1. The van der Waals surface area contributed by atoms with E-state index in [0.717, 1.165) is 47.8 Å². The number of amides is 1. The van der Waals surface area contributed by atoms with E-state index in [0.29, 0.717) is 0 Å². The number of nitrogens with zero attached hydrogens (tertiary/aromatic N) is 1. The van der Waals surface area contributed by atoms with Gasteiger partial charge < -0.3 is 20.1 Å². The van der Waals surface area contributed by atoms with Crippen LogP contribution in [0.4, 0.5) is 5.69 Å². The number of rotatable bonds is 6. The third-order valence-corrected chi connectivity index (χ3v) is 5.96. The minimum Gasteiger partial charge on any atom is -0.394 e. The van der Waals surface area contributed by atoms with Gasteiger partial charge in [0.05, 0.1) is 12.6 Å². The lowest BCUT2D eigenvalue weighted by Crippen LogP contribution is -2.28. The molecular formula is C24H28N2O3. The zero-order valence-electron chi connectivity index (χ0n) is 16.5. The molecule has 2 aromatic carbocycles. The Labute approximate surface area is 171 Å². The van der Waals surface area contributed by atoms with E-state index in [1.54, 1.807) is 0 Å². The number of aromatic nitrogens is 1. The van der Waals surface area contributed by atoms with Crippen LogP contribution in [-0.4, -0.2) is 33.4 Å². The molecule has 1 saturated carbocycles. The molecule has 0 radical (unpaired) electrons. The fourth-order valence-corrected chi connectivity index (χ4v) is 4.41. The van der Waals surface area contributed by atoms with Crippen molar-refractivity contribution in [2.75, 3.05) is 11.9 Å². The number of fused-ring (bicyclic) bond motifs is 1. The Balaban J connectivity index is 1.61. The van der Waals surface area contributed by atoms with E-state index in [4.69, 9.17) is 0 Å². The van der Waals surface area contributed by atoms with Crippen LogP contribution in [-0.2, 0) is 4.79 Å². The van der Waals surface area contributed by atoms with Gasteiger partial charge >= 0.3 is 0 Å². The van der Waals surface area contributed by atoms with Crippen molar-refractivity contribution in [1.82, 2.24) is 4.57 Å². The highest BCUT2D eigenvalue weighted by Crippen LogP contribution is 2.30. The predicted octanol–water partition coefficient (Wildman–Crippen LogP) is 4.10. The van der Waals surface area contributed by atoms with Gasteiger partial charge in [-0.2, -0.15) is 0 Å². The lowest BCUT2D eigenvalue weighted by atomic mass is 9.88. The molecule has 152 valence electrons. The monoisotopic (exact) mass is 392 g/mol. The van der Waals surface area contributed by atoms with Gasteiger partial charge in [-0.15, -0.1) is 0 Å². The van der Waals surface area contributed by atoms with Crippen molar-refractivity contribution in [2.24, 2.45) is 5.92 Å². The molecule has 1 aliphatic carbocycles. The normalized spacial score (nSPS) is 17.2. The summed E-state index contributed by atoms with van der Waals surface area (Å²) in [5, 5.41) is 24.1. The summed E-state index contributed by atoms with van der Waals surface area (Å²) in [4.78, 5) is 12.6. The first-order valence-electron chi connectivity index (χ1n) is 10.4. The molecule has 5 heteroatoms. The maximum Gasteiger partial charge on any atom is 0.227 e. The summed E-state index contributed by atoms with van der Waals surface area (Å²) in [5.41, 5.74) is 2.67. The molecule has 0 bridgehead atoms. The Kier molecular flexibility index (Phi) is 5.97. The first-order valence-corrected chi connectivity index (χ1v) is 10.4. The van der Waals surface area contributed by atoms with Crippen LogP contribution in [0.5, 0.6) is 0 Å². The molecular weight excluding hydrogens is 364 g/mol. The van der Waals surface area contributed by atoms with Crippen LogP contribution in [0.15, 0.2) is 60.8 Å². The number of aliphatic hydroxyl groups excluding tert-OH is 2. The fraction of sp³-hybridized carbons (Fsp3) is 0.375. The van der Waals surface area contributed by atoms with E-state index in [1.165, 1.54) is 6.42 Å². The van der Waals surface area contributed by atoms with Gasteiger partial charge in [-0.25, -0.2) is 0 Å². The van der Waals surface area contributed by atoms with Gasteiger partial charge in [-0.3, -0.25) is 4.79 Å². The Bertz CT molecular complexity index is 961. The highest BCUT2D eigenvalue weighted by atomic mass is 16.3. The van der Waals surface area contributed by atoms with E-state index >= 15 is 0 Å². The van der Waals surface area contributed by atoms with Crippen LogP contribution >= 0.6 is 0 Å². The second-order valence-corrected chi connectivity index (χ2v) is 7.93. The van der Waals surface area contributed by atoms with Crippen molar-refractivity contribution in [3.8, 4) is 0 Å². The number of hydrogen-bond donors (Lipinski definition) is 3. The third kappa shape index (κ3) is 4.21. The van der Waals surface area contributed by atoms with Crippen molar-refractivity contribution >= 4 is 22.5 Å². The van der Waals surface area contributed by atoms with Crippen LogP contribution in [0.1, 0.15) is 43.7 Å². The summed E-state index contributed by atoms with van der Waals surface area (Å²) < 4.78 is 1.98. The highest BCUT2D eigenvalue weighted by molar-refractivity contribution is 5.95. The number of nitrogens with one attached hydrogen (secondary N) is 1. The van der Waals surface area contributed by atoms with Crippen molar-refractivity contribution in [3.05, 3.63) is 66.4 Å². The Hall–Kier alpha value is -2.63. The van der Waals surface area contributed by atoms with E-state index in [9.17, 15) is 15.0 Å². The molecule has 0 saturated heterocycles. The predicted molar refractivity (Wildman–Crippen MR) is 115 cm³/mol. The van der Waals surface area contributed by atoms with E-state index in [1.807, 2.05) is 65.4 Å². The van der Waals surface area contributed by atoms with Crippen LogP contribution in [0.2, 0.25) is 0 Å². The van der Waals surface area contributed by atoms with Crippen molar-refractivity contribution in [1.29, 1.82) is 0 Å². The van der Waals surface area contributed by atoms with Gasteiger partial charge in [0.15, 0.2) is 0 Å². The van der Waals surface area contributed by atoms with Gasteiger partial charge in [0.2, 0.25) is 5.91 Å². The molecule has 1 fully saturated rings. The van der Waals surface area contributed by atoms with Gasteiger partial charge in [-0.05, 0) is 42.7 Å². The molecule has 3 N–H and O–H groups in total. The molecule has 5 nitrogen and oxygen atoms in total. The molecule has 29 heavy (non-hydrogen) atoms. The van der Waals surface area contributed by atoms with Gasteiger partial charge in [-0.1, -0.05) is 49.6 Å². The van der Waals surface area contributed by atoms with Crippen LogP contribution in [0, 0.1) is 5.92 Å². The molecule has 2 atom stereocenters. The number of carbonyl (C=O) groups is 1. The van der Waals surface area contributed by atoms with Crippen molar-refractivity contribution < 1.29 is 15.0 Å². The second kappa shape index (κ2) is 8.80. The van der Waals surface area contributed by atoms with Gasteiger partial charge in [0, 0.05) is 28.7 Å². The van der Waals surface area contributed by atoms with Gasteiger partial charge in [0.1, 0.15) is 6.10 Å². The second-order valence-electron chi connectivity index (χ2n) is 7.93. The molecule has 2 unspecified atom stereocenters. The largest absolute Gasteiger partial charge is 0.394 e. The number of hydrogen-bond acceptors (Lipinski definition) is 3. The Morgan fingerprint density at radius 1 is 1.07 bits per heavy atom. The lowest BCUT2D eigenvalue weighted by molar-refractivity contribution is -0.120. The molecule has 1 aromatic heterocycles. The Morgan fingerprint density at radius 2 is 1.83 bits per heavy atom. The number of anilines is 1. The lowest BCUT2D eigenvalue weighted by Gasteiger charge is -2.25. The zero-order valence-corrected chi connectivity index (χ0v) is 16.5. The maximum absolute atomic E-state index is 12.6. The highest BCUT2D eigenvalue weighted by Gasteiger charge is 2.24. The smallest absolute Gasteiger partial charge is 0.227 e. The maximum atomic E-state index is 12.6. The molecule has 0 aliphatic heterocycles. The minimum absolute atomic E-state index is 0.112. The van der Waals surface area contributed by atoms with Crippen LogP contribution in [0.25, 0.3) is 10.9 Å². The summed E-state index contributed by atoms with van der Waals surface area (Å²) in [7, 11) is 0. The summed E-state index contributed by atoms with van der Waals surface area (Å²) in [6.45, 7) is -0.325. The first-order chi connectivity index (χ1) is 14.2. The van der Waals surface area contributed by atoms with Crippen molar-refractivity contribution in [3.63, 3.8) is 0 Å². The van der Waals surface area contributed by atoms with E-state index in [-0.39, 0.29) is 24.5 Å². The number of benzene rings is 2. The first kappa shape index (κ1) is 19.7. The standard InChI is InChI=1S/C24H28N2O3/c27-16-22(28)23(17-7-3-1-4-8-17)26-14-13-19-15-20(11-12-21(19)26)25-24(29)18-9-5-2-6-10-18/h1,3-4,7-8,11-15,18,22-23,27-28H,2,5-6,9-10,16H2,(H,25,29). The zero-order chi connectivity index (χ0) is 20.2. The van der Waals surface area contributed by atoms with E-state index in [2.05, 4.69) is 5.32 Å². The molecule has 4 rings (SSSR count). The fourth-order valence-electron chi connectivity index (χ4n) is 4.41. The van der Waals surface area contributed by atoms with Gasteiger partial charge in [0.25, 0.3) is 0 Å². The number of aliphatic hydroxyl groups is 2. The van der Waals surface area contributed by atoms with Crippen molar-refractivity contribution in [2.45, 2.75) is 44.2 Å². The van der Waals surface area contributed by atoms with Crippen LogP contribution in [0.3, 0.4) is 0 Å². The van der Waals surface area contributed by atoms with E-state index < -0.39 is 6.10 Å². The summed E-state index contributed by atoms with van der Waals surface area (Å²) in [5.74, 6) is 0.229. The average Bonchev–Trinajstić information content (AvgIpc) is 3.18. The molecule has 1 heterocycles. The molecule has 1 aliphatic rings. The molecule has 1 amide bonds. The number of carbonyl (C=O) groups excluding carboxylic acids is 1. The Morgan fingerprint density at radius 3 is 2.55 bits per heavy atom. The minimum atomic E-state index is -0.918. The molecule has 3 aromatic rings. The summed E-state index contributed by atoms with van der Waals surface area (Å²) in [6, 6.07) is 17.1.